The first-order valence-corrected chi connectivity index (χ1v) is 13.3. The summed E-state index contributed by atoms with van der Waals surface area (Å²) >= 11 is 0. The van der Waals surface area contributed by atoms with Crippen molar-refractivity contribution in [2.45, 2.75) is 77.9 Å². The van der Waals surface area contributed by atoms with Crippen molar-refractivity contribution in [3.05, 3.63) is 41.9 Å². The Bertz CT molecular complexity index is 1300. The number of nitrogens with one attached hydrogen (secondary N) is 2. The summed E-state index contributed by atoms with van der Waals surface area (Å²) in [7, 11) is 3.54. The van der Waals surface area contributed by atoms with Crippen LogP contribution in [0.5, 0.6) is 0 Å². The van der Waals surface area contributed by atoms with E-state index < -0.39 is 0 Å². The summed E-state index contributed by atoms with van der Waals surface area (Å²) in [6, 6.07) is 6.54. The van der Waals surface area contributed by atoms with Crippen molar-refractivity contribution in [3.63, 3.8) is 0 Å². The Morgan fingerprint density at radius 2 is 1.69 bits per heavy atom. The van der Waals surface area contributed by atoms with E-state index in [1.165, 1.54) is 6.42 Å². The fraction of sp³-hybridized carbons (Fsp3) is 0.552. The number of likely N-dealkylation sites (tertiary alicyclic amines) is 1. The zero-order chi connectivity index (χ0) is 25.5. The van der Waals surface area contributed by atoms with Gasteiger partial charge in [-0.3, -0.25) is 9.59 Å². The Morgan fingerprint density at radius 1 is 0.974 bits per heavy atom. The molecule has 2 unspecified atom stereocenters. The monoisotopic (exact) mass is 534 g/mol. The van der Waals surface area contributed by atoms with Crippen molar-refractivity contribution >= 4 is 34.6 Å². The molecule has 10 heteroatoms. The van der Waals surface area contributed by atoms with Crippen molar-refractivity contribution in [3.8, 4) is 0 Å². The van der Waals surface area contributed by atoms with Crippen molar-refractivity contribution in [2.75, 3.05) is 32.5 Å². The molecule has 10 nitrogen and oxygen atoms in total. The summed E-state index contributed by atoms with van der Waals surface area (Å²) in [5.74, 6) is 0.976. The van der Waals surface area contributed by atoms with E-state index in [4.69, 9.17) is 4.98 Å². The fourth-order valence-electron chi connectivity index (χ4n) is 6.06. The SMILES string of the molecule is C.C.CN(C)C(=O)c1cc2cnc(Nc3ccc(C(=O)N4CC5CCCC(C4)N5)cn3)nc2n1C1CCCC1. The maximum Gasteiger partial charge on any atom is 0.270 e. The average molecular weight is 535 g/mol. The molecule has 0 radical (unpaired) electrons. The number of nitrogens with zero attached hydrogens (tertiary/aromatic N) is 6. The van der Waals surface area contributed by atoms with E-state index in [9.17, 15) is 9.59 Å². The van der Waals surface area contributed by atoms with E-state index in [-0.39, 0.29) is 32.7 Å². The lowest BCUT2D eigenvalue weighted by atomic mass is 9.94. The van der Waals surface area contributed by atoms with Crippen LogP contribution in [-0.2, 0) is 0 Å². The number of carbonyl (C=O) groups is 2. The minimum Gasteiger partial charge on any atom is -0.343 e. The molecule has 3 aliphatic rings. The predicted molar refractivity (Wildman–Crippen MR) is 154 cm³/mol. The first-order valence-electron chi connectivity index (χ1n) is 13.3. The molecule has 2 amide bonds. The second-order valence-corrected chi connectivity index (χ2v) is 10.8. The number of fused-ring (bicyclic) bond motifs is 3. The number of piperidine rings is 1. The lowest BCUT2D eigenvalue weighted by Gasteiger charge is -2.42. The van der Waals surface area contributed by atoms with Gasteiger partial charge in [0.1, 0.15) is 17.2 Å². The van der Waals surface area contributed by atoms with Crippen LogP contribution in [0.15, 0.2) is 30.6 Å². The zero-order valence-corrected chi connectivity index (χ0v) is 21.5. The van der Waals surface area contributed by atoms with Gasteiger partial charge in [0, 0.05) is 63.1 Å². The third-order valence-corrected chi connectivity index (χ3v) is 7.89. The van der Waals surface area contributed by atoms with Crippen LogP contribution in [0.4, 0.5) is 11.8 Å². The van der Waals surface area contributed by atoms with Crippen molar-refractivity contribution in [1.82, 2.24) is 34.6 Å². The molecule has 2 saturated heterocycles. The quantitative estimate of drug-likeness (QED) is 0.491. The molecule has 0 spiro atoms. The van der Waals surface area contributed by atoms with Gasteiger partial charge in [0.25, 0.3) is 11.8 Å². The molecule has 2 bridgehead atoms. The van der Waals surface area contributed by atoms with E-state index in [0.29, 0.717) is 35.1 Å². The van der Waals surface area contributed by atoms with Crippen LogP contribution in [0.25, 0.3) is 11.0 Å². The number of aromatic nitrogens is 4. The van der Waals surface area contributed by atoms with E-state index >= 15 is 0 Å². The van der Waals surface area contributed by atoms with Gasteiger partial charge in [-0.25, -0.2) is 9.97 Å². The highest BCUT2D eigenvalue weighted by Crippen LogP contribution is 2.35. The van der Waals surface area contributed by atoms with Crippen LogP contribution in [0.2, 0.25) is 0 Å². The highest BCUT2D eigenvalue weighted by molar-refractivity contribution is 5.98. The standard InChI is InChI=1S/C27H34N8O2.2CH4/c1-33(2)26(37)22-12-18-14-29-27(32-24(18)35(22)21-8-3-4-9-21)31-23-11-10-17(13-28-23)25(36)34-15-19-6-5-7-20(16-34)30-19;;/h10-14,19-21,30H,3-9,15-16H2,1-2H3,(H,28,29,31,32);2*1H4. The number of hydrogen-bond donors (Lipinski definition) is 2. The lowest BCUT2D eigenvalue weighted by molar-refractivity contribution is 0.0607. The van der Waals surface area contributed by atoms with Crippen LogP contribution in [0.3, 0.4) is 0 Å². The van der Waals surface area contributed by atoms with E-state index in [1.54, 1.807) is 37.5 Å². The minimum absolute atomic E-state index is 0. The number of amides is 2. The first kappa shape index (κ1) is 28.5. The summed E-state index contributed by atoms with van der Waals surface area (Å²) in [6.45, 7) is 1.50. The Hall–Kier alpha value is -3.53. The third kappa shape index (κ3) is 5.61. The second-order valence-electron chi connectivity index (χ2n) is 10.8. The molecular formula is C29H42N8O2. The van der Waals surface area contributed by atoms with Gasteiger partial charge in [-0.1, -0.05) is 34.1 Å². The molecule has 3 fully saturated rings. The van der Waals surface area contributed by atoms with Gasteiger partial charge >= 0.3 is 0 Å². The molecule has 3 aromatic heterocycles. The predicted octanol–water partition coefficient (Wildman–Crippen LogP) is 4.63. The molecule has 3 aromatic rings. The number of piperazine rings is 1. The van der Waals surface area contributed by atoms with Gasteiger partial charge in [0.15, 0.2) is 0 Å². The maximum atomic E-state index is 13.1. The number of hydrogen-bond acceptors (Lipinski definition) is 7. The first-order chi connectivity index (χ1) is 18.0. The minimum atomic E-state index is -0.0329. The van der Waals surface area contributed by atoms with E-state index in [0.717, 1.165) is 62.6 Å². The Labute approximate surface area is 231 Å². The van der Waals surface area contributed by atoms with Crippen molar-refractivity contribution in [2.24, 2.45) is 0 Å². The summed E-state index contributed by atoms with van der Waals surface area (Å²) in [6.07, 6.45) is 11.2. The largest absolute Gasteiger partial charge is 0.343 e. The Morgan fingerprint density at radius 3 is 2.33 bits per heavy atom. The highest BCUT2D eigenvalue weighted by atomic mass is 16.2. The highest BCUT2D eigenvalue weighted by Gasteiger charge is 2.32. The second kappa shape index (κ2) is 11.7. The van der Waals surface area contributed by atoms with Gasteiger partial charge in [-0.05, 0) is 43.9 Å². The van der Waals surface area contributed by atoms with Gasteiger partial charge in [-0.2, -0.15) is 4.98 Å². The van der Waals surface area contributed by atoms with Crippen LogP contribution in [-0.4, -0.2) is 80.4 Å². The molecule has 0 aromatic carbocycles. The Kier molecular flexibility index (Phi) is 8.54. The van der Waals surface area contributed by atoms with Crippen LogP contribution in [0.1, 0.15) is 86.7 Å². The van der Waals surface area contributed by atoms with Gasteiger partial charge < -0.3 is 25.0 Å². The topological polar surface area (TPSA) is 108 Å². The zero-order valence-electron chi connectivity index (χ0n) is 21.5. The molecule has 5 heterocycles. The van der Waals surface area contributed by atoms with Crippen molar-refractivity contribution < 1.29 is 9.59 Å². The molecule has 2 aliphatic heterocycles. The van der Waals surface area contributed by atoms with Crippen molar-refractivity contribution in [1.29, 1.82) is 0 Å². The van der Waals surface area contributed by atoms with E-state index in [1.807, 2.05) is 17.0 Å². The molecule has 6 rings (SSSR count). The third-order valence-electron chi connectivity index (χ3n) is 7.89. The Balaban J connectivity index is 0.00000176. The molecule has 39 heavy (non-hydrogen) atoms. The molecular weight excluding hydrogens is 492 g/mol. The summed E-state index contributed by atoms with van der Waals surface area (Å²) < 4.78 is 2.09. The fourth-order valence-corrected chi connectivity index (χ4v) is 6.06. The molecule has 210 valence electrons. The van der Waals surface area contributed by atoms with Crippen LogP contribution >= 0.6 is 0 Å². The summed E-state index contributed by atoms with van der Waals surface area (Å²) in [5.41, 5.74) is 1.99. The van der Waals surface area contributed by atoms with Crippen LogP contribution < -0.4 is 10.6 Å². The maximum absolute atomic E-state index is 13.1. The smallest absolute Gasteiger partial charge is 0.270 e. The van der Waals surface area contributed by atoms with Gasteiger partial charge in [0.05, 0.1) is 5.56 Å². The molecule has 1 saturated carbocycles. The number of pyridine rings is 1. The molecule has 2 N–H and O–H groups in total. The average Bonchev–Trinajstić information content (AvgIpc) is 3.55. The van der Waals surface area contributed by atoms with Gasteiger partial charge in [-0.15, -0.1) is 0 Å². The van der Waals surface area contributed by atoms with E-state index in [2.05, 4.69) is 25.2 Å². The molecule has 1 aliphatic carbocycles. The van der Waals surface area contributed by atoms with Gasteiger partial charge in [0.2, 0.25) is 5.95 Å². The molecule has 2 atom stereocenters. The number of anilines is 2. The normalized spacial score (nSPS) is 20.7. The summed E-state index contributed by atoms with van der Waals surface area (Å²) in [4.78, 5) is 43.3. The lowest BCUT2D eigenvalue weighted by Crippen LogP contribution is -2.59. The van der Waals surface area contributed by atoms with Crippen LogP contribution in [0, 0.1) is 0 Å². The number of rotatable bonds is 5. The number of carbonyl (C=O) groups excluding carboxylic acids is 2. The summed E-state index contributed by atoms with van der Waals surface area (Å²) in [5, 5.41) is 7.64.